The van der Waals surface area contributed by atoms with E-state index in [9.17, 15) is 9.59 Å². The van der Waals surface area contributed by atoms with Crippen LogP contribution >= 0.6 is 0 Å². The maximum atomic E-state index is 11.6. The first-order valence-corrected chi connectivity index (χ1v) is 4.54. The number of nitrogens with zero attached hydrogens (tertiary/aromatic N) is 2. The molecule has 0 aliphatic carbocycles. The lowest BCUT2D eigenvalue weighted by atomic mass is 10.2. The van der Waals surface area contributed by atoms with Gasteiger partial charge in [0.15, 0.2) is 0 Å². The molecule has 0 heterocycles. The van der Waals surface area contributed by atoms with E-state index in [0.717, 1.165) is 0 Å². The molecule has 0 spiro atoms. The van der Waals surface area contributed by atoms with Crippen LogP contribution in [0.2, 0.25) is 0 Å². The van der Waals surface area contributed by atoms with Gasteiger partial charge in [-0.25, -0.2) is 0 Å². The van der Waals surface area contributed by atoms with Gasteiger partial charge in [-0.1, -0.05) is 0 Å². The first kappa shape index (κ1) is 11.9. The summed E-state index contributed by atoms with van der Waals surface area (Å²) in [4.78, 5) is 25.2. The number of carbonyl (C=O) groups excluding carboxylic acids is 2. The zero-order valence-corrected chi connectivity index (χ0v) is 8.78. The lowest BCUT2D eigenvalue weighted by Crippen LogP contribution is -2.45. The molecular formula is C9H18N2O2. The zero-order chi connectivity index (χ0) is 10.4. The Labute approximate surface area is 79.5 Å². The molecule has 0 aromatic rings. The molecule has 76 valence electrons. The molecule has 2 amide bonds. The van der Waals surface area contributed by atoms with Crippen LogP contribution in [0.3, 0.4) is 0 Å². The van der Waals surface area contributed by atoms with Gasteiger partial charge in [-0.3, -0.25) is 9.59 Å². The standard InChI is InChI=1S/C9H18N2O2/c1-5-10(4)9(13)8(3)11(6-2)7-12/h7-8H,5-6H2,1-4H3. The highest BCUT2D eigenvalue weighted by Crippen LogP contribution is 1.99. The minimum absolute atomic E-state index is 0.0172. The van der Waals surface area contributed by atoms with Gasteiger partial charge >= 0.3 is 0 Å². The first-order valence-electron chi connectivity index (χ1n) is 4.54. The van der Waals surface area contributed by atoms with Gasteiger partial charge in [0.1, 0.15) is 6.04 Å². The molecule has 0 rings (SSSR count). The summed E-state index contributed by atoms with van der Waals surface area (Å²) >= 11 is 0. The van der Waals surface area contributed by atoms with Gasteiger partial charge in [-0.15, -0.1) is 0 Å². The number of hydrogen-bond donors (Lipinski definition) is 0. The van der Waals surface area contributed by atoms with Gasteiger partial charge in [-0.05, 0) is 20.8 Å². The summed E-state index contributed by atoms with van der Waals surface area (Å²) in [5, 5.41) is 0. The third-order valence-corrected chi connectivity index (χ3v) is 2.21. The highest BCUT2D eigenvalue weighted by molar-refractivity contribution is 5.83. The van der Waals surface area contributed by atoms with E-state index in [2.05, 4.69) is 0 Å². The summed E-state index contributed by atoms with van der Waals surface area (Å²) in [5.74, 6) is -0.0172. The van der Waals surface area contributed by atoms with E-state index in [1.165, 1.54) is 4.90 Å². The summed E-state index contributed by atoms with van der Waals surface area (Å²) in [5.41, 5.74) is 0. The van der Waals surface area contributed by atoms with E-state index >= 15 is 0 Å². The van der Waals surface area contributed by atoms with E-state index in [0.29, 0.717) is 19.5 Å². The first-order chi connectivity index (χ1) is 6.08. The van der Waals surface area contributed by atoms with Crippen molar-refractivity contribution in [2.45, 2.75) is 26.8 Å². The van der Waals surface area contributed by atoms with Crippen LogP contribution in [0.1, 0.15) is 20.8 Å². The van der Waals surface area contributed by atoms with Crippen molar-refractivity contribution in [2.75, 3.05) is 20.1 Å². The molecule has 0 aromatic carbocycles. The summed E-state index contributed by atoms with van der Waals surface area (Å²) in [6.45, 7) is 6.73. The minimum Gasteiger partial charge on any atom is -0.344 e. The second kappa shape index (κ2) is 5.56. The maximum Gasteiger partial charge on any atom is 0.244 e. The lowest BCUT2D eigenvalue weighted by molar-refractivity contribution is -0.138. The smallest absolute Gasteiger partial charge is 0.244 e. The number of amides is 2. The molecular weight excluding hydrogens is 168 g/mol. The molecule has 0 saturated carbocycles. The van der Waals surface area contributed by atoms with E-state index < -0.39 is 0 Å². The molecule has 0 radical (unpaired) electrons. The Bertz CT molecular complexity index is 182. The number of likely N-dealkylation sites (N-methyl/N-ethyl adjacent to an activating group) is 2. The van der Waals surface area contributed by atoms with E-state index in [1.54, 1.807) is 18.9 Å². The molecule has 1 atom stereocenters. The number of hydrogen-bond acceptors (Lipinski definition) is 2. The Morgan fingerprint density at radius 1 is 1.38 bits per heavy atom. The third-order valence-electron chi connectivity index (χ3n) is 2.21. The largest absolute Gasteiger partial charge is 0.344 e. The topological polar surface area (TPSA) is 40.6 Å². The van der Waals surface area contributed by atoms with Gasteiger partial charge in [-0.2, -0.15) is 0 Å². The quantitative estimate of drug-likeness (QED) is 0.581. The SMILES string of the molecule is CCN(C)C(=O)C(C)N(C=O)CC. The summed E-state index contributed by atoms with van der Waals surface area (Å²) < 4.78 is 0. The van der Waals surface area contributed by atoms with Crippen molar-refractivity contribution in [1.29, 1.82) is 0 Å². The molecule has 0 aliphatic heterocycles. The van der Waals surface area contributed by atoms with Crippen molar-refractivity contribution in [3.63, 3.8) is 0 Å². The average Bonchev–Trinajstić information content (AvgIpc) is 2.17. The van der Waals surface area contributed by atoms with Gasteiger partial charge in [0.25, 0.3) is 0 Å². The normalized spacial score (nSPS) is 12.0. The molecule has 0 bridgehead atoms. The summed E-state index contributed by atoms with van der Waals surface area (Å²) in [7, 11) is 1.73. The molecule has 0 aromatic heterocycles. The second-order valence-corrected chi connectivity index (χ2v) is 2.96. The Hall–Kier alpha value is -1.06. The van der Waals surface area contributed by atoms with E-state index in [1.807, 2.05) is 13.8 Å². The van der Waals surface area contributed by atoms with Crippen molar-refractivity contribution < 1.29 is 9.59 Å². The molecule has 4 heteroatoms. The zero-order valence-electron chi connectivity index (χ0n) is 8.78. The van der Waals surface area contributed by atoms with Gasteiger partial charge in [0, 0.05) is 20.1 Å². The maximum absolute atomic E-state index is 11.6. The Morgan fingerprint density at radius 3 is 2.23 bits per heavy atom. The van der Waals surface area contributed by atoms with Crippen LogP contribution in [0.25, 0.3) is 0 Å². The van der Waals surface area contributed by atoms with Gasteiger partial charge in [0.2, 0.25) is 12.3 Å². The summed E-state index contributed by atoms with van der Waals surface area (Å²) in [6, 6.07) is -0.354. The Morgan fingerprint density at radius 2 is 1.92 bits per heavy atom. The molecule has 1 unspecified atom stereocenters. The monoisotopic (exact) mass is 186 g/mol. The van der Waals surface area contributed by atoms with E-state index in [-0.39, 0.29) is 11.9 Å². The molecule has 4 nitrogen and oxygen atoms in total. The minimum atomic E-state index is -0.354. The molecule has 0 N–H and O–H groups in total. The predicted octanol–water partition coefficient (Wildman–Crippen LogP) is 0.331. The van der Waals surface area contributed by atoms with E-state index in [4.69, 9.17) is 0 Å². The van der Waals surface area contributed by atoms with Crippen molar-refractivity contribution >= 4 is 12.3 Å². The predicted molar refractivity (Wildman–Crippen MR) is 51.2 cm³/mol. The molecule has 0 aliphatic rings. The van der Waals surface area contributed by atoms with Gasteiger partial charge < -0.3 is 9.80 Å². The highest BCUT2D eigenvalue weighted by Gasteiger charge is 2.20. The fraction of sp³-hybridized carbons (Fsp3) is 0.778. The van der Waals surface area contributed by atoms with Crippen LogP contribution in [0.15, 0.2) is 0 Å². The van der Waals surface area contributed by atoms with Crippen LogP contribution in [-0.2, 0) is 9.59 Å². The van der Waals surface area contributed by atoms with Crippen molar-refractivity contribution in [1.82, 2.24) is 9.80 Å². The molecule has 0 saturated heterocycles. The highest BCUT2D eigenvalue weighted by atomic mass is 16.2. The van der Waals surface area contributed by atoms with Crippen LogP contribution < -0.4 is 0 Å². The fourth-order valence-corrected chi connectivity index (χ4v) is 1.06. The number of carbonyl (C=O) groups is 2. The van der Waals surface area contributed by atoms with Crippen molar-refractivity contribution in [3.8, 4) is 0 Å². The van der Waals surface area contributed by atoms with Crippen LogP contribution in [-0.4, -0.2) is 48.3 Å². The Balaban J connectivity index is 4.30. The fourth-order valence-electron chi connectivity index (χ4n) is 1.06. The number of rotatable bonds is 5. The molecule has 0 fully saturated rings. The lowest BCUT2D eigenvalue weighted by Gasteiger charge is -2.26. The average molecular weight is 186 g/mol. The second-order valence-electron chi connectivity index (χ2n) is 2.96. The third kappa shape index (κ3) is 3.05. The van der Waals surface area contributed by atoms with Gasteiger partial charge in [0.05, 0.1) is 0 Å². The Kier molecular flexibility index (Phi) is 5.11. The molecule has 13 heavy (non-hydrogen) atoms. The van der Waals surface area contributed by atoms with Crippen LogP contribution in [0.4, 0.5) is 0 Å². The van der Waals surface area contributed by atoms with Crippen molar-refractivity contribution in [2.24, 2.45) is 0 Å². The van der Waals surface area contributed by atoms with Crippen molar-refractivity contribution in [3.05, 3.63) is 0 Å². The van der Waals surface area contributed by atoms with Crippen LogP contribution in [0.5, 0.6) is 0 Å². The summed E-state index contributed by atoms with van der Waals surface area (Å²) in [6.07, 6.45) is 0.714. The van der Waals surface area contributed by atoms with Crippen LogP contribution in [0, 0.1) is 0 Å².